The maximum absolute atomic E-state index is 12.9. The molecule has 0 saturated carbocycles. The van der Waals surface area contributed by atoms with Gasteiger partial charge in [0.2, 0.25) is 0 Å². The first kappa shape index (κ1) is 72.8. The van der Waals surface area contributed by atoms with Gasteiger partial charge in [-0.2, -0.15) is 0 Å². The summed E-state index contributed by atoms with van der Waals surface area (Å²) < 4.78 is 17.0. The number of allylic oxidation sites excluding steroid dienone is 12. The summed E-state index contributed by atoms with van der Waals surface area (Å²) in [5, 5.41) is 0. The van der Waals surface area contributed by atoms with E-state index in [-0.39, 0.29) is 31.1 Å². The molecule has 0 fully saturated rings. The molecule has 0 aromatic rings. The van der Waals surface area contributed by atoms with E-state index in [0.717, 1.165) is 89.9 Å². The molecule has 0 radical (unpaired) electrons. The van der Waals surface area contributed by atoms with E-state index in [2.05, 4.69) is 93.7 Å². The Morgan fingerprint density at radius 1 is 0.263 bits per heavy atom. The number of esters is 3. The third-order valence-corrected chi connectivity index (χ3v) is 14.4. The lowest BCUT2D eigenvalue weighted by molar-refractivity contribution is -0.167. The van der Waals surface area contributed by atoms with Gasteiger partial charge in [0, 0.05) is 19.3 Å². The van der Waals surface area contributed by atoms with E-state index < -0.39 is 6.10 Å². The third-order valence-electron chi connectivity index (χ3n) is 14.4. The smallest absolute Gasteiger partial charge is 0.306 e. The van der Waals surface area contributed by atoms with Gasteiger partial charge in [0.15, 0.2) is 6.10 Å². The first-order valence-corrected chi connectivity index (χ1v) is 32.9. The van der Waals surface area contributed by atoms with E-state index in [9.17, 15) is 14.4 Å². The number of rotatable bonds is 60. The third kappa shape index (κ3) is 61.7. The second-order valence-corrected chi connectivity index (χ2v) is 22.0. The van der Waals surface area contributed by atoms with Gasteiger partial charge in [-0.05, 0) is 116 Å². The van der Waals surface area contributed by atoms with E-state index in [4.69, 9.17) is 14.2 Å². The number of carbonyl (C=O) groups is 3. The topological polar surface area (TPSA) is 78.9 Å². The van der Waals surface area contributed by atoms with Crippen LogP contribution in [0.15, 0.2) is 72.9 Å². The van der Waals surface area contributed by atoms with Crippen molar-refractivity contribution in [2.24, 2.45) is 0 Å². The van der Waals surface area contributed by atoms with Gasteiger partial charge in [0.1, 0.15) is 13.2 Å². The van der Waals surface area contributed by atoms with Crippen LogP contribution in [0.2, 0.25) is 0 Å². The fourth-order valence-corrected chi connectivity index (χ4v) is 9.42. The molecular formula is C70H124O6. The molecule has 1 atom stereocenters. The lowest BCUT2D eigenvalue weighted by Gasteiger charge is -2.18. The Kier molecular flexibility index (Phi) is 61.7. The number of carbonyl (C=O) groups excluding carboxylic acids is 3. The predicted octanol–water partition coefficient (Wildman–Crippen LogP) is 22.5. The second-order valence-electron chi connectivity index (χ2n) is 22.0. The Bertz CT molecular complexity index is 1400. The molecule has 0 amide bonds. The normalized spacial score (nSPS) is 12.5. The maximum atomic E-state index is 12.9. The molecule has 1 unspecified atom stereocenters. The van der Waals surface area contributed by atoms with Crippen LogP contribution in [-0.4, -0.2) is 37.2 Å². The minimum absolute atomic E-state index is 0.0831. The van der Waals surface area contributed by atoms with E-state index in [1.54, 1.807) is 0 Å². The number of unbranched alkanes of at least 4 members (excludes halogenated alkanes) is 37. The van der Waals surface area contributed by atoms with Gasteiger partial charge in [0.05, 0.1) is 0 Å². The van der Waals surface area contributed by atoms with Gasteiger partial charge in [-0.15, -0.1) is 0 Å². The summed E-state index contributed by atoms with van der Waals surface area (Å²) in [5.74, 6) is -0.888. The molecule has 0 aromatic carbocycles. The lowest BCUT2D eigenvalue weighted by atomic mass is 10.1. The van der Waals surface area contributed by atoms with Gasteiger partial charge in [0.25, 0.3) is 0 Å². The van der Waals surface area contributed by atoms with Crippen LogP contribution in [0.3, 0.4) is 0 Å². The van der Waals surface area contributed by atoms with Crippen LogP contribution in [0.5, 0.6) is 0 Å². The molecule has 0 aliphatic carbocycles. The van der Waals surface area contributed by atoms with Crippen LogP contribution in [0, 0.1) is 0 Å². The van der Waals surface area contributed by atoms with Crippen molar-refractivity contribution in [1.29, 1.82) is 0 Å². The summed E-state index contributed by atoms with van der Waals surface area (Å²) in [4.78, 5) is 38.4. The Morgan fingerprint density at radius 2 is 0.474 bits per heavy atom. The van der Waals surface area contributed by atoms with Crippen molar-refractivity contribution >= 4 is 17.9 Å². The average molecular weight is 1060 g/mol. The SMILES string of the molecule is CCCCC/C=C\C/C=C\C/C=C\CCCCCCCCC(=O)OC(COC(=O)CCCCCCCCC/C=C\CCCCCCCCC)COC(=O)CCCCCCCCCCC/C=C\C/C=C\CCCCCCC. The van der Waals surface area contributed by atoms with Crippen LogP contribution in [0.1, 0.15) is 335 Å². The van der Waals surface area contributed by atoms with Crippen LogP contribution < -0.4 is 0 Å². The Hall–Kier alpha value is -3.15. The second kappa shape index (κ2) is 64.4. The highest BCUT2D eigenvalue weighted by Crippen LogP contribution is 2.16. The van der Waals surface area contributed by atoms with E-state index in [0.29, 0.717) is 19.3 Å². The highest BCUT2D eigenvalue weighted by molar-refractivity contribution is 5.71. The summed E-state index contributed by atoms with van der Waals surface area (Å²) in [6.45, 7) is 6.62. The first-order chi connectivity index (χ1) is 37.5. The summed E-state index contributed by atoms with van der Waals surface area (Å²) in [5.41, 5.74) is 0. The van der Waals surface area contributed by atoms with Gasteiger partial charge in [-0.1, -0.05) is 273 Å². The largest absolute Gasteiger partial charge is 0.462 e. The van der Waals surface area contributed by atoms with Crippen molar-refractivity contribution in [3.8, 4) is 0 Å². The lowest BCUT2D eigenvalue weighted by Crippen LogP contribution is -2.30. The Morgan fingerprint density at radius 3 is 0.776 bits per heavy atom. The molecule has 0 aliphatic rings. The molecule has 0 spiro atoms. The van der Waals surface area contributed by atoms with Crippen LogP contribution in [0.4, 0.5) is 0 Å². The molecular weight excluding hydrogens is 937 g/mol. The van der Waals surface area contributed by atoms with Crippen LogP contribution >= 0.6 is 0 Å². The minimum atomic E-state index is -0.788. The van der Waals surface area contributed by atoms with Crippen molar-refractivity contribution in [3.05, 3.63) is 72.9 Å². The summed E-state index contributed by atoms with van der Waals surface area (Å²) >= 11 is 0. The molecule has 0 heterocycles. The van der Waals surface area contributed by atoms with Crippen molar-refractivity contribution < 1.29 is 28.6 Å². The molecule has 76 heavy (non-hydrogen) atoms. The van der Waals surface area contributed by atoms with E-state index in [1.165, 1.54) is 205 Å². The zero-order valence-corrected chi connectivity index (χ0v) is 50.5. The van der Waals surface area contributed by atoms with Crippen molar-refractivity contribution in [2.45, 2.75) is 341 Å². The Balaban J connectivity index is 4.40. The highest BCUT2D eigenvalue weighted by atomic mass is 16.6. The van der Waals surface area contributed by atoms with E-state index >= 15 is 0 Å². The number of ether oxygens (including phenoxy) is 3. The van der Waals surface area contributed by atoms with Gasteiger partial charge < -0.3 is 14.2 Å². The van der Waals surface area contributed by atoms with Crippen molar-refractivity contribution in [3.63, 3.8) is 0 Å². The standard InChI is InChI=1S/C70H124O6/c1-4-7-10-13-16-19-22-25-28-31-34-35-37-39-42-45-48-51-54-57-60-63-69(72)75-66-67(65-74-68(71)62-59-56-53-50-47-44-41-38-33-30-27-24-21-18-15-12-9-6-3)76-70(73)64-61-58-55-52-49-46-43-40-36-32-29-26-23-20-17-14-11-8-5-2/h17,20,22,25-26,29-31,33-34,36,40,67H,4-16,18-19,21,23-24,27-28,32,35,37-39,41-66H2,1-3H3/b20-17-,25-22-,29-26-,33-30-,34-31-,40-36-. The zero-order valence-electron chi connectivity index (χ0n) is 50.5. The quantitative estimate of drug-likeness (QED) is 0.0261. The molecule has 440 valence electrons. The molecule has 6 heteroatoms. The molecule has 0 aromatic heterocycles. The number of hydrogen-bond donors (Lipinski definition) is 0. The average Bonchev–Trinajstić information content (AvgIpc) is 3.42. The zero-order chi connectivity index (χ0) is 55.0. The number of hydrogen-bond acceptors (Lipinski definition) is 6. The van der Waals surface area contributed by atoms with E-state index in [1.807, 2.05) is 0 Å². The molecule has 0 bridgehead atoms. The fourth-order valence-electron chi connectivity index (χ4n) is 9.42. The van der Waals surface area contributed by atoms with Crippen LogP contribution in [-0.2, 0) is 28.6 Å². The van der Waals surface area contributed by atoms with Gasteiger partial charge >= 0.3 is 17.9 Å². The fraction of sp³-hybridized carbons (Fsp3) is 0.786. The highest BCUT2D eigenvalue weighted by Gasteiger charge is 2.19. The molecule has 6 nitrogen and oxygen atoms in total. The summed E-state index contributed by atoms with van der Waals surface area (Å²) in [6.07, 6.45) is 83.3. The summed E-state index contributed by atoms with van der Waals surface area (Å²) in [6, 6.07) is 0. The molecule has 0 N–H and O–H groups in total. The maximum Gasteiger partial charge on any atom is 0.306 e. The van der Waals surface area contributed by atoms with Gasteiger partial charge in [-0.3, -0.25) is 14.4 Å². The monoisotopic (exact) mass is 1060 g/mol. The van der Waals surface area contributed by atoms with Crippen molar-refractivity contribution in [2.75, 3.05) is 13.2 Å². The predicted molar refractivity (Wildman–Crippen MR) is 330 cm³/mol. The summed E-state index contributed by atoms with van der Waals surface area (Å²) in [7, 11) is 0. The first-order valence-electron chi connectivity index (χ1n) is 32.9. The Labute approximate surface area is 472 Å². The van der Waals surface area contributed by atoms with Gasteiger partial charge in [-0.25, -0.2) is 0 Å². The minimum Gasteiger partial charge on any atom is -0.462 e. The molecule has 0 rings (SSSR count). The molecule has 0 saturated heterocycles. The van der Waals surface area contributed by atoms with Crippen molar-refractivity contribution in [1.82, 2.24) is 0 Å². The van der Waals surface area contributed by atoms with Crippen LogP contribution in [0.25, 0.3) is 0 Å². The molecule has 0 aliphatic heterocycles.